The quantitative estimate of drug-likeness (QED) is 0.537. The fourth-order valence-corrected chi connectivity index (χ4v) is 0.528. The van der Waals surface area contributed by atoms with E-state index >= 15 is 0 Å². The Labute approximate surface area is 55.3 Å². The van der Waals surface area contributed by atoms with E-state index in [1.54, 1.807) is 13.8 Å². The van der Waals surface area contributed by atoms with Crippen LogP contribution >= 0.6 is 0 Å². The molecule has 0 aromatic heterocycles. The van der Waals surface area contributed by atoms with E-state index in [1.807, 2.05) is 0 Å². The molecule has 0 radical (unpaired) electrons. The molecule has 1 unspecified atom stereocenters. The van der Waals surface area contributed by atoms with Gasteiger partial charge in [0.2, 0.25) is 0 Å². The van der Waals surface area contributed by atoms with Gasteiger partial charge in [0.1, 0.15) is 0 Å². The third-order valence-electron chi connectivity index (χ3n) is 1.21. The summed E-state index contributed by atoms with van der Waals surface area (Å²) in [5.74, 6) is -1.31. The maximum atomic E-state index is 9.16. The Morgan fingerprint density at radius 2 is 2.00 bits per heavy atom. The number of hydrogen-bond acceptors (Lipinski definition) is 3. The van der Waals surface area contributed by atoms with Crippen LogP contribution in [0.1, 0.15) is 20.3 Å². The van der Waals surface area contributed by atoms with Crippen LogP contribution < -0.4 is 0 Å². The van der Waals surface area contributed by atoms with Crippen LogP contribution in [0.4, 0.5) is 0 Å². The molecule has 56 valence electrons. The molecule has 0 aliphatic rings. The van der Waals surface area contributed by atoms with Gasteiger partial charge in [-0.05, 0) is 6.92 Å². The van der Waals surface area contributed by atoms with Gasteiger partial charge in [0, 0.05) is 13.0 Å². The second-order valence-electron chi connectivity index (χ2n) is 1.89. The fourth-order valence-electron chi connectivity index (χ4n) is 0.528. The topological polar surface area (TPSA) is 49.7 Å². The third kappa shape index (κ3) is 2.79. The highest BCUT2D eigenvalue weighted by Gasteiger charge is 2.22. The minimum atomic E-state index is -1.31. The van der Waals surface area contributed by atoms with E-state index in [9.17, 15) is 0 Å². The molecule has 2 N–H and O–H groups in total. The number of aliphatic hydroxyl groups is 2. The number of aliphatic hydroxyl groups excluding tert-OH is 1. The Morgan fingerprint density at radius 3 is 2.11 bits per heavy atom. The second kappa shape index (κ2) is 3.82. The third-order valence-corrected chi connectivity index (χ3v) is 1.21. The van der Waals surface area contributed by atoms with Gasteiger partial charge >= 0.3 is 0 Å². The Morgan fingerprint density at radius 1 is 1.44 bits per heavy atom. The first-order chi connectivity index (χ1) is 4.18. The summed E-state index contributed by atoms with van der Waals surface area (Å²) in [4.78, 5) is 0. The SMILES string of the molecule is CCOC(O)(CC)CO. The standard InChI is InChI=1S/C6H14O3/c1-3-6(8,5-7)9-4-2/h7-8H,3-5H2,1-2H3. The monoisotopic (exact) mass is 134 g/mol. The van der Waals surface area contributed by atoms with Crippen LogP contribution in [0, 0.1) is 0 Å². The van der Waals surface area contributed by atoms with Crippen LogP contribution in [0.2, 0.25) is 0 Å². The van der Waals surface area contributed by atoms with Crippen molar-refractivity contribution in [2.24, 2.45) is 0 Å². The summed E-state index contributed by atoms with van der Waals surface area (Å²) in [7, 11) is 0. The van der Waals surface area contributed by atoms with Gasteiger partial charge in [-0.3, -0.25) is 0 Å². The maximum absolute atomic E-state index is 9.16. The zero-order valence-electron chi connectivity index (χ0n) is 5.92. The summed E-state index contributed by atoms with van der Waals surface area (Å²) in [5, 5.41) is 17.7. The van der Waals surface area contributed by atoms with E-state index < -0.39 is 5.79 Å². The molecule has 0 aliphatic heterocycles. The van der Waals surface area contributed by atoms with Crippen molar-refractivity contribution in [3.05, 3.63) is 0 Å². The molecule has 1 atom stereocenters. The number of hydrogen-bond donors (Lipinski definition) is 2. The van der Waals surface area contributed by atoms with Crippen LogP contribution in [0.25, 0.3) is 0 Å². The van der Waals surface area contributed by atoms with Crippen molar-refractivity contribution in [2.45, 2.75) is 26.1 Å². The predicted octanol–water partition coefficient (Wildman–Crippen LogP) is 0.114. The molecule has 0 saturated heterocycles. The van der Waals surface area contributed by atoms with Gasteiger partial charge in [0.25, 0.3) is 0 Å². The zero-order valence-corrected chi connectivity index (χ0v) is 5.92. The second-order valence-corrected chi connectivity index (χ2v) is 1.89. The highest BCUT2D eigenvalue weighted by atomic mass is 16.6. The van der Waals surface area contributed by atoms with Gasteiger partial charge in [0.05, 0.1) is 6.61 Å². The van der Waals surface area contributed by atoms with Crippen molar-refractivity contribution in [3.8, 4) is 0 Å². The first kappa shape index (κ1) is 8.88. The summed E-state index contributed by atoms with van der Waals surface area (Å²) in [6.45, 7) is 3.62. The lowest BCUT2D eigenvalue weighted by atomic mass is 10.2. The summed E-state index contributed by atoms with van der Waals surface area (Å²) < 4.78 is 4.83. The summed E-state index contributed by atoms with van der Waals surface area (Å²) in [5.41, 5.74) is 0. The lowest BCUT2D eigenvalue weighted by Gasteiger charge is -2.23. The number of rotatable bonds is 4. The maximum Gasteiger partial charge on any atom is 0.188 e. The molecular weight excluding hydrogens is 120 g/mol. The van der Waals surface area contributed by atoms with E-state index in [4.69, 9.17) is 14.9 Å². The molecule has 9 heavy (non-hydrogen) atoms. The Bertz CT molecular complexity index is 68.7. The molecule has 0 spiro atoms. The largest absolute Gasteiger partial charge is 0.391 e. The number of ether oxygens (including phenoxy) is 1. The van der Waals surface area contributed by atoms with Crippen LogP contribution in [0.15, 0.2) is 0 Å². The predicted molar refractivity (Wildman–Crippen MR) is 34.0 cm³/mol. The molecule has 0 aromatic rings. The molecule has 0 bridgehead atoms. The summed E-state index contributed by atoms with van der Waals surface area (Å²) in [6.07, 6.45) is 0.414. The van der Waals surface area contributed by atoms with Crippen LogP contribution in [0.3, 0.4) is 0 Å². The molecule has 3 nitrogen and oxygen atoms in total. The normalized spacial score (nSPS) is 17.3. The summed E-state index contributed by atoms with van der Waals surface area (Å²) in [6, 6.07) is 0. The highest BCUT2D eigenvalue weighted by Crippen LogP contribution is 2.09. The van der Waals surface area contributed by atoms with Gasteiger partial charge in [0.15, 0.2) is 5.79 Å². The van der Waals surface area contributed by atoms with Gasteiger partial charge < -0.3 is 14.9 Å². The average Bonchev–Trinajstić information content (AvgIpc) is 1.89. The van der Waals surface area contributed by atoms with E-state index in [2.05, 4.69) is 0 Å². The first-order valence-electron chi connectivity index (χ1n) is 3.15. The van der Waals surface area contributed by atoms with Gasteiger partial charge in [-0.2, -0.15) is 0 Å². The Balaban J connectivity index is 3.62. The minimum absolute atomic E-state index is 0.336. The van der Waals surface area contributed by atoms with Crippen molar-refractivity contribution in [1.82, 2.24) is 0 Å². The van der Waals surface area contributed by atoms with Crippen LogP contribution in [-0.4, -0.2) is 29.2 Å². The van der Waals surface area contributed by atoms with E-state index in [0.29, 0.717) is 13.0 Å². The highest BCUT2D eigenvalue weighted by molar-refractivity contribution is 4.61. The minimum Gasteiger partial charge on any atom is -0.391 e. The van der Waals surface area contributed by atoms with Crippen LogP contribution in [-0.2, 0) is 4.74 Å². The molecular formula is C6H14O3. The summed E-state index contributed by atoms with van der Waals surface area (Å²) >= 11 is 0. The van der Waals surface area contributed by atoms with E-state index in [0.717, 1.165) is 0 Å². The molecule has 0 heterocycles. The van der Waals surface area contributed by atoms with E-state index in [-0.39, 0.29) is 6.61 Å². The van der Waals surface area contributed by atoms with Gasteiger partial charge in [-0.1, -0.05) is 6.92 Å². The lowest BCUT2D eigenvalue weighted by molar-refractivity contribution is -0.222. The average molecular weight is 134 g/mol. The fraction of sp³-hybridized carbons (Fsp3) is 1.00. The lowest BCUT2D eigenvalue weighted by Crippen LogP contribution is -2.35. The molecule has 0 rings (SSSR count). The Kier molecular flexibility index (Phi) is 3.77. The molecule has 0 amide bonds. The van der Waals surface area contributed by atoms with Crippen molar-refractivity contribution in [1.29, 1.82) is 0 Å². The molecule has 0 aliphatic carbocycles. The van der Waals surface area contributed by atoms with Gasteiger partial charge in [-0.25, -0.2) is 0 Å². The van der Waals surface area contributed by atoms with Gasteiger partial charge in [-0.15, -0.1) is 0 Å². The zero-order chi connectivity index (χ0) is 7.33. The first-order valence-corrected chi connectivity index (χ1v) is 3.15. The van der Waals surface area contributed by atoms with Crippen LogP contribution in [0.5, 0.6) is 0 Å². The molecule has 3 heteroatoms. The van der Waals surface area contributed by atoms with Crippen molar-refractivity contribution in [3.63, 3.8) is 0 Å². The smallest absolute Gasteiger partial charge is 0.188 e. The van der Waals surface area contributed by atoms with Crippen molar-refractivity contribution >= 4 is 0 Å². The Hall–Kier alpha value is -0.120. The molecule has 0 aromatic carbocycles. The van der Waals surface area contributed by atoms with Crippen molar-refractivity contribution in [2.75, 3.05) is 13.2 Å². The van der Waals surface area contributed by atoms with Crippen molar-refractivity contribution < 1.29 is 14.9 Å². The molecule has 0 fully saturated rings. The van der Waals surface area contributed by atoms with E-state index in [1.165, 1.54) is 0 Å². The molecule has 0 saturated carbocycles.